The van der Waals surface area contributed by atoms with Crippen LogP contribution in [0.2, 0.25) is 0 Å². The minimum atomic E-state index is -1.75. The third kappa shape index (κ3) is 40.0. The van der Waals surface area contributed by atoms with Gasteiger partial charge in [0.05, 0.1) is 10.2 Å². The van der Waals surface area contributed by atoms with Gasteiger partial charge in [0.15, 0.2) is 0 Å². The van der Waals surface area contributed by atoms with Gasteiger partial charge in [-0.05, 0) is 6.92 Å². The maximum absolute atomic E-state index is 8.25. The van der Waals surface area contributed by atoms with Crippen molar-refractivity contribution in [2.45, 2.75) is 6.92 Å². The Balaban J connectivity index is -0.000000166. The molecular formula is C7H8N2NiO6. The number of benzene rings is 1. The largest absolute Gasteiger partial charge is 2.00 e. The first-order valence-corrected chi connectivity index (χ1v) is 3.51. The summed E-state index contributed by atoms with van der Waals surface area (Å²) >= 11 is 0. The van der Waals surface area contributed by atoms with Crippen LogP contribution in [0.3, 0.4) is 0 Å². The van der Waals surface area contributed by atoms with Gasteiger partial charge in [-0.2, -0.15) is 0 Å². The summed E-state index contributed by atoms with van der Waals surface area (Å²) in [6, 6.07) is 10.3. The minimum Gasteiger partial charge on any atom is -0.356 e. The third-order valence-electron chi connectivity index (χ3n) is 0.940. The molecule has 0 aromatic heterocycles. The number of nitrogens with zero attached hydrogens (tertiary/aromatic N) is 2. The molecule has 0 heterocycles. The summed E-state index contributed by atoms with van der Waals surface area (Å²) in [5, 5.41) is 29.5. The fraction of sp³-hybridized carbons (Fsp3) is 0.143. The fourth-order valence-corrected chi connectivity index (χ4v) is 0.534. The molecule has 0 aliphatic heterocycles. The Bertz CT molecular complexity index is 274. The molecule has 0 saturated carbocycles. The smallest absolute Gasteiger partial charge is 0.356 e. The molecule has 0 spiro atoms. The van der Waals surface area contributed by atoms with Gasteiger partial charge in [-0.3, -0.25) is 0 Å². The van der Waals surface area contributed by atoms with Crippen molar-refractivity contribution in [1.29, 1.82) is 0 Å². The maximum Gasteiger partial charge on any atom is 2.00 e. The zero-order valence-electron chi connectivity index (χ0n) is 8.05. The Kier molecular flexibility index (Phi) is 16.1. The molecule has 0 aliphatic carbocycles. The summed E-state index contributed by atoms with van der Waals surface area (Å²) in [5.41, 5.74) is 1.32. The van der Waals surface area contributed by atoms with E-state index in [2.05, 4.69) is 19.1 Å². The molecule has 0 saturated heterocycles. The minimum absolute atomic E-state index is 0. The third-order valence-corrected chi connectivity index (χ3v) is 0.940. The van der Waals surface area contributed by atoms with Crippen LogP contribution in [-0.2, 0) is 16.5 Å². The van der Waals surface area contributed by atoms with Gasteiger partial charge in [0.2, 0.25) is 0 Å². The number of rotatable bonds is 0. The topological polar surface area (TPSA) is 132 Å². The first-order chi connectivity index (χ1) is 6.86. The Morgan fingerprint density at radius 1 is 0.875 bits per heavy atom. The van der Waals surface area contributed by atoms with Gasteiger partial charge >= 0.3 is 16.5 Å². The Morgan fingerprint density at radius 2 is 1.12 bits per heavy atom. The zero-order chi connectivity index (χ0) is 12.3. The van der Waals surface area contributed by atoms with Crippen molar-refractivity contribution in [2.75, 3.05) is 0 Å². The van der Waals surface area contributed by atoms with Crippen molar-refractivity contribution < 1.29 is 26.7 Å². The van der Waals surface area contributed by atoms with Gasteiger partial charge in [-0.25, -0.2) is 0 Å². The SMILES string of the molecule is Cc1ccccc1.O=[N+]([O-])[O-].O=[N+]([O-])[O-].[Ni+2]. The second-order valence-electron chi connectivity index (χ2n) is 2.10. The van der Waals surface area contributed by atoms with Gasteiger partial charge in [0.25, 0.3) is 0 Å². The number of hydrogen-bond acceptors (Lipinski definition) is 6. The summed E-state index contributed by atoms with van der Waals surface area (Å²) in [4.78, 5) is 16.5. The van der Waals surface area contributed by atoms with E-state index < -0.39 is 10.2 Å². The fourth-order valence-electron chi connectivity index (χ4n) is 0.534. The molecule has 9 heteroatoms. The molecular weight excluding hydrogens is 267 g/mol. The molecule has 16 heavy (non-hydrogen) atoms. The predicted octanol–water partition coefficient (Wildman–Crippen LogP) is 1.51. The molecule has 0 aliphatic rings. The van der Waals surface area contributed by atoms with E-state index in [9.17, 15) is 0 Å². The van der Waals surface area contributed by atoms with Gasteiger partial charge in [0.1, 0.15) is 0 Å². The van der Waals surface area contributed by atoms with Crippen molar-refractivity contribution in [1.82, 2.24) is 0 Å². The van der Waals surface area contributed by atoms with Crippen LogP contribution in [0, 0.1) is 37.6 Å². The second kappa shape index (κ2) is 13.1. The van der Waals surface area contributed by atoms with Crippen LogP contribution in [0.25, 0.3) is 0 Å². The summed E-state index contributed by atoms with van der Waals surface area (Å²) in [5.74, 6) is 0. The molecule has 0 fully saturated rings. The number of aryl methyl sites for hydroxylation is 1. The zero-order valence-corrected chi connectivity index (χ0v) is 9.03. The van der Waals surface area contributed by atoms with Gasteiger partial charge in [0, 0.05) is 0 Å². The van der Waals surface area contributed by atoms with Crippen molar-refractivity contribution in [3.8, 4) is 0 Å². The molecule has 8 nitrogen and oxygen atoms in total. The standard InChI is InChI=1S/C7H8.2NO3.Ni/c1-7-5-3-2-4-6-7;2*2-1(3)4;/h2-6H,1H3;;;/q;2*-1;+2. The summed E-state index contributed by atoms with van der Waals surface area (Å²) in [6.45, 7) is 2.08. The monoisotopic (exact) mass is 274 g/mol. The van der Waals surface area contributed by atoms with Crippen LogP contribution in [-0.4, -0.2) is 10.2 Å². The first kappa shape index (κ1) is 19.7. The Hall–Kier alpha value is -1.89. The number of hydrogen-bond donors (Lipinski definition) is 0. The summed E-state index contributed by atoms with van der Waals surface area (Å²) in [6.07, 6.45) is 0. The average Bonchev–Trinajstić information content (AvgIpc) is 2.03. The molecule has 1 aromatic carbocycles. The van der Waals surface area contributed by atoms with Gasteiger partial charge in [-0.1, -0.05) is 35.9 Å². The first-order valence-electron chi connectivity index (χ1n) is 3.51. The van der Waals surface area contributed by atoms with E-state index in [1.807, 2.05) is 18.2 Å². The molecule has 0 amide bonds. The van der Waals surface area contributed by atoms with E-state index in [1.54, 1.807) is 0 Å². The van der Waals surface area contributed by atoms with Crippen molar-refractivity contribution in [2.24, 2.45) is 0 Å². The molecule has 0 bridgehead atoms. The van der Waals surface area contributed by atoms with E-state index in [0.29, 0.717) is 0 Å². The van der Waals surface area contributed by atoms with Crippen LogP contribution in [0.4, 0.5) is 0 Å². The van der Waals surface area contributed by atoms with E-state index in [4.69, 9.17) is 30.6 Å². The molecule has 0 unspecified atom stereocenters. The van der Waals surface area contributed by atoms with Crippen molar-refractivity contribution >= 4 is 0 Å². The normalized spacial score (nSPS) is 6.81. The molecule has 0 N–H and O–H groups in total. The van der Waals surface area contributed by atoms with E-state index in [-0.39, 0.29) is 16.5 Å². The second-order valence-corrected chi connectivity index (χ2v) is 2.10. The Labute approximate surface area is 101 Å². The molecule has 92 valence electrons. The van der Waals surface area contributed by atoms with Crippen LogP contribution in [0.1, 0.15) is 5.56 Å². The Morgan fingerprint density at radius 3 is 1.25 bits per heavy atom. The predicted molar refractivity (Wildman–Crippen MR) is 51.9 cm³/mol. The quantitative estimate of drug-likeness (QED) is 0.400. The summed E-state index contributed by atoms with van der Waals surface area (Å²) in [7, 11) is 0. The molecule has 1 aromatic rings. The molecule has 0 atom stereocenters. The van der Waals surface area contributed by atoms with Crippen LogP contribution in [0.5, 0.6) is 0 Å². The van der Waals surface area contributed by atoms with Crippen molar-refractivity contribution in [3.05, 3.63) is 66.5 Å². The average molecular weight is 275 g/mol. The van der Waals surface area contributed by atoms with Gasteiger partial charge < -0.3 is 30.6 Å². The maximum atomic E-state index is 8.25. The molecule has 0 radical (unpaired) electrons. The van der Waals surface area contributed by atoms with Crippen LogP contribution < -0.4 is 0 Å². The van der Waals surface area contributed by atoms with E-state index in [1.165, 1.54) is 5.56 Å². The van der Waals surface area contributed by atoms with Crippen LogP contribution in [0.15, 0.2) is 30.3 Å². The van der Waals surface area contributed by atoms with E-state index >= 15 is 0 Å². The van der Waals surface area contributed by atoms with Crippen molar-refractivity contribution in [3.63, 3.8) is 0 Å². The summed E-state index contributed by atoms with van der Waals surface area (Å²) < 4.78 is 0. The van der Waals surface area contributed by atoms with Crippen LogP contribution >= 0.6 is 0 Å². The molecule has 1 rings (SSSR count). The van der Waals surface area contributed by atoms with Gasteiger partial charge in [-0.15, -0.1) is 0 Å². The van der Waals surface area contributed by atoms with E-state index in [0.717, 1.165) is 0 Å².